The Labute approximate surface area is 108 Å². The first-order valence-electron chi connectivity index (χ1n) is 6.15. The molecule has 1 aromatic heterocycles. The van der Waals surface area contributed by atoms with Crippen LogP contribution in [-0.2, 0) is 6.54 Å². The lowest BCUT2D eigenvalue weighted by atomic mass is 9.85. The van der Waals surface area contributed by atoms with Crippen molar-refractivity contribution in [3.63, 3.8) is 0 Å². The number of aliphatic hydroxyl groups excluding tert-OH is 1. The first kappa shape index (κ1) is 14.7. The normalized spacial score (nSPS) is 13.4. The minimum atomic E-state index is -1.07. The maximum atomic E-state index is 12.3. The summed E-state index contributed by atoms with van der Waals surface area (Å²) in [7, 11) is 1.49. The molecule has 5 heteroatoms. The van der Waals surface area contributed by atoms with Crippen molar-refractivity contribution in [2.24, 2.45) is 5.41 Å². The standard InChI is InChI=1S/C13H22N2O3/c1-6-7-15-10(9(18-5)8-14-15)11(16)12(17)13(2,3)4/h8,12,17H,6-7H2,1-5H3. The highest BCUT2D eigenvalue weighted by atomic mass is 16.5. The number of ether oxygens (including phenoxy) is 1. The second kappa shape index (κ2) is 5.52. The van der Waals surface area contributed by atoms with E-state index in [0.717, 1.165) is 6.42 Å². The molecular weight excluding hydrogens is 232 g/mol. The Morgan fingerprint density at radius 1 is 1.56 bits per heavy atom. The van der Waals surface area contributed by atoms with Gasteiger partial charge >= 0.3 is 0 Å². The number of ketones is 1. The van der Waals surface area contributed by atoms with Gasteiger partial charge in [-0.25, -0.2) is 0 Å². The summed E-state index contributed by atoms with van der Waals surface area (Å²) in [6, 6.07) is 0. The van der Waals surface area contributed by atoms with Crippen molar-refractivity contribution in [2.45, 2.75) is 46.8 Å². The van der Waals surface area contributed by atoms with Gasteiger partial charge in [-0.15, -0.1) is 0 Å². The Hall–Kier alpha value is -1.36. The number of carbonyl (C=O) groups is 1. The molecule has 0 aliphatic carbocycles. The van der Waals surface area contributed by atoms with Gasteiger partial charge in [0.2, 0.25) is 5.78 Å². The number of hydrogen-bond acceptors (Lipinski definition) is 4. The van der Waals surface area contributed by atoms with E-state index in [1.165, 1.54) is 13.3 Å². The molecule has 5 nitrogen and oxygen atoms in total. The molecule has 0 amide bonds. The van der Waals surface area contributed by atoms with Gasteiger partial charge in [0.05, 0.1) is 13.3 Å². The first-order valence-corrected chi connectivity index (χ1v) is 6.15. The molecule has 1 heterocycles. The third-order valence-electron chi connectivity index (χ3n) is 2.76. The minimum absolute atomic E-state index is 0.342. The van der Waals surface area contributed by atoms with Crippen LogP contribution in [-0.4, -0.2) is 33.9 Å². The molecule has 1 aromatic rings. The van der Waals surface area contributed by atoms with Crippen LogP contribution in [0.4, 0.5) is 0 Å². The van der Waals surface area contributed by atoms with E-state index in [2.05, 4.69) is 5.10 Å². The highest BCUT2D eigenvalue weighted by Crippen LogP contribution is 2.26. The molecule has 1 N–H and O–H groups in total. The van der Waals surface area contributed by atoms with Gasteiger partial charge in [0.1, 0.15) is 11.8 Å². The lowest BCUT2D eigenvalue weighted by molar-refractivity contribution is 0.0429. The number of aryl methyl sites for hydroxylation is 1. The fraction of sp³-hybridized carbons (Fsp3) is 0.692. The Morgan fingerprint density at radius 3 is 2.61 bits per heavy atom. The summed E-state index contributed by atoms with van der Waals surface area (Å²) in [5, 5.41) is 14.2. The Balaban J connectivity index is 3.14. The number of carbonyl (C=O) groups excluding carboxylic acids is 1. The summed E-state index contributed by atoms with van der Waals surface area (Å²) >= 11 is 0. The summed E-state index contributed by atoms with van der Waals surface area (Å²) in [5.41, 5.74) is -0.162. The van der Waals surface area contributed by atoms with E-state index in [-0.39, 0.29) is 5.78 Å². The maximum Gasteiger partial charge on any atom is 0.213 e. The molecule has 0 saturated heterocycles. The van der Waals surface area contributed by atoms with Crippen molar-refractivity contribution in [3.8, 4) is 5.75 Å². The third-order valence-corrected chi connectivity index (χ3v) is 2.76. The van der Waals surface area contributed by atoms with Crippen LogP contribution in [0, 0.1) is 5.41 Å². The number of nitrogens with zero attached hydrogens (tertiary/aromatic N) is 2. The predicted molar refractivity (Wildman–Crippen MR) is 68.9 cm³/mol. The van der Waals surface area contributed by atoms with Gasteiger partial charge in [0, 0.05) is 6.54 Å². The fourth-order valence-corrected chi connectivity index (χ4v) is 1.67. The van der Waals surface area contributed by atoms with E-state index in [1.54, 1.807) is 4.68 Å². The van der Waals surface area contributed by atoms with E-state index in [9.17, 15) is 9.90 Å². The molecule has 0 saturated carbocycles. The molecule has 0 bridgehead atoms. The van der Waals surface area contributed by atoms with Crippen LogP contribution in [0.15, 0.2) is 6.20 Å². The lowest BCUT2D eigenvalue weighted by Gasteiger charge is -2.24. The molecule has 0 spiro atoms. The average Bonchev–Trinajstić information content (AvgIpc) is 2.69. The Kier molecular flexibility index (Phi) is 4.51. The summed E-state index contributed by atoms with van der Waals surface area (Å²) < 4.78 is 6.73. The van der Waals surface area contributed by atoms with Crippen molar-refractivity contribution in [1.82, 2.24) is 9.78 Å². The molecule has 0 fully saturated rings. The number of rotatable bonds is 5. The molecule has 18 heavy (non-hydrogen) atoms. The van der Waals surface area contributed by atoms with Gasteiger partial charge < -0.3 is 9.84 Å². The topological polar surface area (TPSA) is 64.4 Å². The zero-order valence-electron chi connectivity index (χ0n) is 11.7. The van der Waals surface area contributed by atoms with Crippen LogP contribution in [0.1, 0.15) is 44.6 Å². The largest absolute Gasteiger partial charge is 0.493 e. The van der Waals surface area contributed by atoms with E-state index in [0.29, 0.717) is 18.0 Å². The maximum absolute atomic E-state index is 12.3. The summed E-state index contributed by atoms with van der Waals surface area (Å²) in [6.07, 6.45) is 1.30. The second-order valence-corrected chi connectivity index (χ2v) is 5.42. The number of aromatic nitrogens is 2. The molecule has 102 valence electrons. The molecular formula is C13H22N2O3. The van der Waals surface area contributed by atoms with Gasteiger partial charge in [-0.05, 0) is 11.8 Å². The molecule has 1 atom stereocenters. The molecule has 1 unspecified atom stereocenters. The van der Waals surface area contributed by atoms with E-state index in [4.69, 9.17) is 4.74 Å². The number of Topliss-reactive ketones (excluding diaryl/α,β-unsaturated/α-hetero) is 1. The predicted octanol–water partition coefficient (Wildman–Crippen LogP) is 1.89. The van der Waals surface area contributed by atoms with Crippen molar-refractivity contribution in [1.29, 1.82) is 0 Å². The van der Waals surface area contributed by atoms with Crippen LogP contribution in [0.3, 0.4) is 0 Å². The van der Waals surface area contributed by atoms with Gasteiger partial charge in [-0.1, -0.05) is 27.7 Å². The van der Waals surface area contributed by atoms with Crippen LogP contribution < -0.4 is 4.74 Å². The van der Waals surface area contributed by atoms with Gasteiger partial charge in [-0.3, -0.25) is 9.48 Å². The van der Waals surface area contributed by atoms with Crippen LogP contribution in [0.2, 0.25) is 0 Å². The number of methoxy groups -OCH3 is 1. The minimum Gasteiger partial charge on any atom is -0.493 e. The number of aliphatic hydroxyl groups is 1. The van der Waals surface area contributed by atoms with E-state index >= 15 is 0 Å². The van der Waals surface area contributed by atoms with Crippen LogP contribution in [0.25, 0.3) is 0 Å². The van der Waals surface area contributed by atoms with Crippen molar-refractivity contribution < 1.29 is 14.6 Å². The van der Waals surface area contributed by atoms with Crippen LogP contribution in [0.5, 0.6) is 5.75 Å². The average molecular weight is 254 g/mol. The molecule has 1 rings (SSSR count). The summed E-state index contributed by atoms with van der Waals surface area (Å²) in [6.45, 7) is 8.09. The van der Waals surface area contributed by atoms with Crippen molar-refractivity contribution in [3.05, 3.63) is 11.9 Å². The quantitative estimate of drug-likeness (QED) is 0.815. The summed E-state index contributed by atoms with van der Waals surface area (Å²) in [4.78, 5) is 12.3. The molecule has 0 aliphatic heterocycles. The monoisotopic (exact) mass is 254 g/mol. The zero-order chi connectivity index (χ0) is 13.9. The third kappa shape index (κ3) is 2.90. The van der Waals surface area contributed by atoms with Gasteiger partial charge in [0.15, 0.2) is 5.75 Å². The smallest absolute Gasteiger partial charge is 0.213 e. The number of hydrogen-bond donors (Lipinski definition) is 1. The van der Waals surface area contributed by atoms with E-state index in [1.807, 2.05) is 27.7 Å². The van der Waals surface area contributed by atoms with Crippen LogP contribution >= 0.6 is 0 Å². The van der Waals surface area contributed by atoms with Gasteiger partial charge in [0.25, 0.3) is 0 Å². The fourth-order valence-electron chi connectivity index (χ4n) is 1.67. The zero-order valence-corrected chi connectivity index (χ0v) is 11.7. The Bertz CT molecular complexity index is 418. The van der Waals surface area contributed by atoms with E-state index < -0.39 is 11.5 Å². The summed E-state index contributed by atoms with van der Waals surface area (Å²) in [5.74, 6) is 0.0713. The SMILES string of the molecule is CCCn1ncc(OC)c1C(=O)C(O)C(C)(C)C. The molecule has 0 aromatic carbocycles. The molecule has 0 radical (unpaired) electrons. The highest BCUT2D eigenvalue weighted by Gasteiger charge is 2.33. The highest BCUT2D eigenvalue weighted by molar-refractivity contribution is 6.00. The lowest BCUT2D eigenvalue weighted by Crippen LogP contribution is -2.35. The first-order chi connectivity index (χ1) is 8.32. The second-order valence-electron chi connectivity index (χ2n) is 5.42. The Morgan fingerprint density at radius 2 is 2.17 bits per heavy atom. The van der Waals surface area contributed by atoms with Crippen molar-refractivity contribution >= 4 is 5.78 Å². The van der Waals surface area contributed by atoms with Gasteiger partial charge in [-0.2, -0.15) is 5.10 Å². The molecule has 0 aliphatic rings. The van der Waals surface area contributed by atoms with Crippen molar-refractivity contribution in [2.75, 3.05) is 7.11 Å².